The molecule has 0 bridgehead atoms. The van der Waals surface area contributed by atoms with E-state index < -0.39 is 6.10 Å². The van der Waals surface area contributed by atoms with Crippen molar-refractivity contribution in [2.75, 3.05) is 0 Å². The molecule has 0 saturated carbocycles. The molecule has 15 heavy (non-hydrogen) atoms. The predicted molar refractivity (Wildman–Crippen MR) is 62.1 cm³/mol. The van der Waals surface area contributed by atoms with Crippen LogP contribution in [0.3, 0.4) is 0 Å². The van der Waals surface area contributed by atoms with Crippen LogP contribution in [-0.2, 0) is 0 Å². The summed E-state index contributed by atoms with van der Waals surface area (Å²) in [7, 11) is 0. The molecule has 0 aliphatic carbocycles. The Morgan fingerprint density at radius 1 is 1.47 bits per heavy atom. The number of hydrogen-bond acceptors (Lipinski definition) is 3. The van der Waals surface area contributed by atoms with Crippen molar-refractivity contribution in [2.24, 2.45) is 0 Å². The van der Waals surface area contributed by atoms with E-state index in [1.165, 1.54) is 0 Å². The van der Waals surface area contributed by atoms with E-state index in [0.717, 1.165) is 16.7 Å². The van der Waals surface area contributed by atoms with Crippen LogP contribution in [-0.4, -0.2) is 14.9 Å². The molecule has 0 aliphatic heterocycles. The van der Waals surface area contributed by atoms with Gasteiger partial charge in [-0.05, 0) is 24.6 Å². The van der Waals surface area contributed by atoms with Gasteiger partial charge in [0.15, 0.2) is 11.5 Å². The van der Waals surface area contributed by atoms with Gasteiger partial charge < -0.3 is 9.52 Å². The highest BCUT2D eigenvalue weighted by atomic mass is 79.9. The second-order valence-corrected chi connectivity index (χ2v) is 5.03. The van der Waals surface area contributed by atoms with E-state index >= 15 is 0 Å². The molecule has 2 aromatic rings. The third-order valence-electron chi connectivity index (χ3n) is 2.30. The van der Waals surface area contributed by atoms with Gasteiger partial charge in [0.25, 0.3) is 0 Å². The zero-order valence-electron chi connectivity index (χ0n) is 8.57. The Bertz CT molecular complexity index is 478. The number of halogens is 1. The molecule has 2 atom stereocenters. The first kappa shape index (κ1) is 10.6. The number of hydrogen-bond donors (Lipinski definition) is 1. The molecule has 0 saturated heterocycles. The minimum atomic E-state index is -0.528. The molecule has 0 radical (unpaired) electrons. The van der Waals surface area contributed by atoms with Gasteiger partial charge in [0.2, 0.25) is 0 Å². The van der Waals surface area contributed by atoms with Gasteiger partial charge >= 0.3 is 0 Å². The van der Waals surface area contributed by atoms with Crippen LogP contribution in [0.4, 0.5) is 0 Å². The zero-order valence-corrected chi connectivity index (χ0v) is 10.2. The fourth-order valence-electron chi connectivity index (χ4n) is 1.51. The maximum Gasteiger partial charge on any atom is 0.192 e. The summed E-state index contributed by atoms with van der Waals surface area (Å²) in [5.74, 6) is 0.642. The van der Waals surface area contributed by atoms with Crippen molar-refractivity contribution in [3.63, 3.8) is 0 Å². The lowest BCUT2D eigenvalue weighted by molar-refractivity contribution is 0.181. The number of aromatic nitrogens is 1. The van der Waals surface area contributed by atoms with Crippen molar-refractivity contribution in [2.45, 2.75) is 24.8 Å². The minimum Gasteiger partial charge on any atom is -0.441 e. The van der Waals surface area contributed by atoms with Crippen LogP contribution in [0.15, 0.2) is 22.6 Å². The molecule has 1 N–H and O–H groups in total. The van der Waals surface area contributed by atoms with Gasteiger partial charge in [0.1, 0.15) is 5.52 Å². The molecule has 0 aliphatic rings. The molecule has 1 heterocycles. The predicted octanol–water partition coefficient (Wildman–Crippen LogP) is 2.95. The van der Waals surface area contributed by atoms with E-state index in [0.29, 0.717) is 5.89 Å². The summed E-state index contributed by atoms with van der Waals surface area (Å²) >= 11 is 3.35. The molecule has 0 amide bonds. The molecule has 3 nitrogen and oxygen atoms in total. The normalized spacial score (nSPS) is 15.5. The maximum absolute atomic E-state index is 9.86. The van der Waals surface area contributed by atoms with Crippen LogP contribution >= 0.6 is 15.9 Å². The van der Waals surface area contributed by atoms with Gasteiger partial charge in [-0.2, -0.15) is 0 Å². The van der Waals surface area contributed by atoms with Crippen LogP contribution in [0.25, 0.3) is 11.1 Å². The fourth-order valence-corrected chi connectivity index (χ4v) is 1.81. The van der Waals surface area contributed by atoms with Crippen molar-refractivity contribution < 1.29 is 9.52 Å². The Balaban J connectivity index is 2.46. The number of aliphatic hydroxyl groups excluding tert-OH is 1. The third-order valence-corrected chi connectivity index (χ3v) is 2.80. The molecular formula is C11H12BrNO2. The van der Waals surface area contributed by atoms with Crippen molar-refractivity contribution in [3.8, 4) is 0 Å². The molecular weight excluding hydrogens is 258 g/mol. The summed E-state index contributed by atoms with van der Waals surface area (Å²) in [6, 6.07) is 5.56. The summed E-state index contributed by atoms with van der Waals surface area (Å²) in [5, 5.41) is 9.86. The van der Waals surface area contributed by atoms with Crippen molar-refractivity contribution in [1.82, 2.24) is 4.98 Å². The summed E-state index contributed by atoms with van der Waals surface area (Å²) < 4.78 is 5.40. The van der Waals surface area contributed by atoms with E-state index in [1.807, 2.05) is 32.0 Å². The van der Waals surface area contributed by atoms with Gasteiger partial charge in [0.05, 0.1) is 6.10 Å². The second kappa shape index (κ2) is 3.94. The number of aryl methyl sites for hydroxylation is 1. The summed E-state index contributed by atoms with van der Waals surface area (Å²) in [4.78, 5) is 4.21. The highest BCUT2D eigenvalue weighted by Gasteiger charge is 2.14. The summed E-state index contributed by atoms with van der Waals surface area (Å²) in [6.45, 7) is 3.71. The van der Waals surface area contributed by atoms with Gasteiger partial charge in [-0.3, -0.25) is 0 Å². The van der Waals surface area contributed by atoms with Gasteiger partial charge in [0, 0.05) is 11.8 Å². The number of rotatable bonds is 2. The number of alkyl halides is 1. The summed E-state index contributed by atoms with van der Waals surface area (Å²) in [6.07, 6.45) is -0.528. The van der Waals surface area contributed by atoms with Gasteiger partial charge in [-0.1, -0.05) is 22.0 Å². The van der Waals surface area contributed by atoms with Crippen LogP contribution in [0, 0.1) is 6.92 Å². The number of oxazole rings is 1. The first-order valence-corrected chi connectivity index (χ1v) is 5.68. The Morgan fingerprint density at radius 3 is 2.87 bits per heavy atom. The molecule has 2 rings (SSSR count). The average molecular weight is 270 g/mol. The standard InChI is InChI=1S/C11H12BrNO2/c1-6(12)11(14)8-3-4-9-10(5-8)15-7(2)13-9/h3-6,11,14H,1-2H3. The van der Waals surface area contributed by atoms with Gasteiger partial charge in [-0.25, -0.2) is 4.98 Å². The zero-order chi connectivity index (χ0) is 11.0. The van der Waals surface area contributed by atoms with Crippen LogP contribution in [0.5, 0.6) is 0 Å². The van der Waals surface area contributed by atoms with Crippen LogP contribution in [0.2, 0.25) is 0 Å². The largest absolute Gasteiger partial charge is 0.441 e. The lowest BCUT2D eigenvalue weighted by atomic mass is 10.1. The monoisotopic (exact) mass is 269 g/mol. The van der Waals surface area contributed by atoms with E-state index in [4.69, 9.17) is 4.42 Å². The Morgan fingerprint density at radius 2 is 2.20 bits per heavy atom. The molecule has 0 fully saturated rings. The summed E-state index contributed by atoms with van der Waals surface area (Å²) in [5.41, 5.74) is 2.38. The highest BCUT2D eigenvalue weighted by molar-refractivity contribution is 9.09. The lowest BCUT2D eigenvalue weighted by Gasteiger charge is -2.12. The minimum absolute atomic E-state index is 0.0129. The maximum atomic E-state index is 9.86. The highest BCUT2D eigenvalue weighted by Crippen LogP contribution is 2.25. The first-order valence-electron chi connectivity index (χ1n) is 4.77. The Kier molecular flexibility index (Phi) is 2.80. The molecule has 2 unspecified atom stereocenters. The number of benzene rings is 1. The fraction of sp³-hybridized carbons (Fsp3) is 0.364. The molecule has 80 valence electrons. The molecule has 4 heteroatoms. The van der Waals surface area contributed by atoms with Crippen LogP contribution in [0.1, 0.15) is 24.5 Å². The first-order chi connectivity index (χ1) is 7.08. The quantitative estimate of drug-likeness (QED) is 0.853. The van der Waals surface area contributed by atoms with E-state index in [-0.39, 0.29) is 4.83 Å². The number of fused-ring (bicyclic) bond motifs is 1. The second-order valence-electron chi connectivity index (χ2n) is 3.58. The van der Waals surface area contributed by atoms with E-state index in [2.05, 4.69) is 20.9 Å². The van der Waals surface area contributed by atoms with Crippen molar-refractivity contribution >= 4 is 27.0 Å². The molecule has 0 spiro atoms. The Hall–Kier alpha value is -0.870. The van der Waals surface area contributed by atoms with Crippen molar-refractivity contribution in [3.05, 3.63) is 29.7 Å². The lowest BCUT2D eigenvalue weighted by Crippen LogP contribution is -2.07. The SMILES string of the molecule is Cc1nc2ccc(C(O)C(C)Br)cc2o1. The third kappa shape index (κ3) is 2.06. The molecule has 1 aromatic carbocycles. The Labute approximate surface area is 96.2 Å². The smallest absolute Gasteiger partial charge is 0.192 e. The molecule has 1 aromatic heterocycles. The topological polar surface area (TPSA) is 46.3 Å². The van der Waals surface area contributed by atoms with Crippen LogP contribution < -0.4 is 0 Å². The van der Waals surface area contributed by atoms with Crippen molar-refractivity contribution in [1.29, 1.82) is 0 Å². The number of nitrogens with zero attached hydrogens (tertiary/aromatic N) is 1. The number of aliphatic hydroxyl groups is 1. The average Bonchev–Trinajstić information content (AvgIpc) is 2.55. The van der Waals surface area contributed by atoms with E-state index in [9.17, 15) is 5.11 Å². The van der Waals surface area contributed by atoms with Gasteiger partial charge in [-0.15, -0.1) is 0 Å². The van der Waals surface area contributed by atoms with E-state index in [1.54, 1.807) is 0 Å².